The zero-order chi connectivity index (χ0) is 9.97. The highest BCUT2D eigenvalue weighted by Crippen LogP contribution is 2.16. The van der Waals surface area contributed by atoms with E-state index in [1.165, 1.54) is 0 Å². The maximum Gasteiger partial charge on any atom is 0.283 e. The molecule has 0 aromatic carbocycles. The van der Waals surface area contributed by atoms with Gasteiger partial charge in [-0.05, 0) is 0 Å². The number of hydrogen-bond acceptors (Lipinski definition) is 6. The summed E-state index contributed by atoms with van der Waals surface area (Å²) in [5.41, 5.74) is 5.66. The molecule has 1 atom stereocenters. The smallest absolute Gasteiger partial charge is 0.283 e. The van der Waals surface area contributed by atoms with E-state index < -0.39 is 0 Å². The minimum atomic E-state index is -0.338. The monoisotopic (exact) mass is 211 g/mol. The van der Waals surface area contributed by atoms with Crippen molar-refractivity contribution in [2.24, 2.45) is 5.73 Å². The highest BCUT2D eigenvalue weighted by molar-refractivity contribution is 7.80. The molecular formula is C7H9N5OS. The molecule has 14 heavy (non-hydrogen) atoms. The first-order valence-electron chi connectivity index (χ1n) is 4.01. The van der Waals surface area contributed by atoms with Gasteiger partial charge in [0.05, 0.1) is 6.04 Å². The van der Waals surface area contributed by atoms with Crippen molar-refractivity contribution in [1.29, 1.82) is 0 Å². The van der Waals surface area contributed by atoms with Gasteiger partial charge in [0, 0.05) is 18.1 Å². The maximum atomic E-state index is 5.66. The van der Waals surface area contributed by atoms with Crippen molar-refractivity contribution >= 4 is 12.6 Å². The molecule has 0 saturated heterocycles. The Morgan fingerprint density at radius 2 is 2.43 bits per heavy atom. The Morgan fingerprint density at radius 3 is 3.07 bits per heavy atom. The first kappa shape index (κ1) is 9.22. The largest absolute Gasteiger partial charge is 0.416 e. The lowest BCUT2D eigenvalue weighted by Gasteiger charge is -1.99. The molecule has 74 valence electrons. The van der Waals surface area contributed by atoms with Gasteiger partial charge in [-0.2, -0.15) is 12.6 Å². The van der Waals surface area contributed by atoms with Gasteiger partial charge in [0.15, 0.2) is 5.82 Å². The van der Waals surface area contributed by atoms with Gasteiger partial charge in [-0.1, -0.05) is 0 Å². The van der Waals surface area contributed by atoms with E-state index in [-0.39, 0.29) is 6.04 Å². The Bertz CT molecular complexity index is 398. The van der Waals surface area contributed by atoms with Crippen LogP contribution in [0.25, 0.3) is 11.7 Å². The van der Waals surface area contributed by atoms with Gasteiger partial charge in [0.2, 0.25) is 5.89 Å². The highest BCUT2D eigenvalue weighted by atomic mass is 32.1. The normalized spacial score (nSPS) is 13.0. The van der Waals surface area contributed by atoms with Crippen LogP contribution < -0.4 is 5.73 Å². The topological polar surface area (TPSA) is 93.6 Å². The van der Waals surface area contributed by atoms with Gasteiger partial charge in [0.25, 0.3) is 5.89 Å². The zero-order valence-electron chi connectivity index (χ0n) is 7.21. The fourth-order valence-electron chi connectivity index (χ4n) is 0.940. The number of imidazole rings is 1. The van der Waals surface area contributed by atoms with E-state index >= 15 is 0 Å². The molecule has 0 aliphatic heterocycles. The molecule has 0 unspecified atom stereocenters. The molecule has 2 aromatic rings. The van der Waals surface area contributed by atoms with Gasteiger partial charge < -0.3 is 15.1 Å². The van der Waals surface area contributed by atoms with E-state index in [9.17, 15) is 0 Å². The number of nitrogens with two attached hydrogens (primary N) is 1. The minimum absolute atomic E-state index is 0.335. The summed E-state index contributed by atoms with van der Waals surface area (Å²) in [5, 5.41) is 7.60. The standard InChI is InChI=1S/C7H9N5OS/c8-4(3-14)6-11-12-7(13-6)5-9-1-2-10-5/h1-2,4,14H,3,8H2,(H,9,10)/t4-/m0/s1. The number of nitrogens with zero attached hydrogens (tertiary/aromatic N) is 3. The Kier molecular flexibility index (Phi) is 2.51. The van der Waals surface area contributed by atoms with Crippen molar-refractivity contribution in [2.75, 3.05) is 5.75 Å². The van der Waals surface area contributed by atoms with Crippen LogP contribution in [0, 0.1) is 0 Å². The number of nitrogens with one attached hydrogen (secondary N) is 1. The summed E-state index contributed by atoms with van der Waals surface area (Å²) in [6.07, 6.45) is 3.29. The molecule has 2 aromatic heterocycles. The zero-order valence-corrected chi connectivity index (χ0v) is 8.11. The molecule has 0 radical (unpaired) electrons. The number of thiol groups is 1. The average molecular weight is 211 g/mol. The lowest BCUT2D eigenvalue weighted by molar-refractivity contribution is 0.474. The number of rotatable bonds is 3. The fourth-order valence-corrected chi connectivity index (χ4v) is 1.10. The van der Waals surface area contributed by atoms with Crippen molar-refractivity contribution < 1.29 is 4.42 Å². The Balaban J connectivity index is 2.26. The SMILES string of the molecule is N[C@@H](CS)c1nnc(-c2ncc[nH]2)o1. The van der Waals surface area contributed by atoms with E-state index in [1.54, 1.807) is 12.4 Å². The average Bonchev–Trinajstić information content (AvgIpc) is 2.86. The predicted octanol–water partition coefficient (Wildman–Crippen LogP) is 0.389. The van der Waals surface area contributed by atoms with E-state index in [1.807, 2.05) is 0 Å². The third kappa shape index (κ3) is 1.64. The van der Waals surface area contributed by atoms with Gasteiger partial charge in [0.1, 0.15) is 0 Å². The van der Waals surface area contributed by atoms with Crippen LogP contribution in [-0.4, -0.2) is 25.9 Å². The van der Waals surface area contributed by atoms with Crippen molar-refractivity contribution in [2.45, 2.75) is 6.04 Å². The molecule has 0 aliphatic rings. The van der Waals surface area contributed by atoms with Crippen molar-refractivity contribution in [1.82, 2.24) is 20.2 Å². The molecule has 7 heteroatoms. The number of H-pyrrole nitrogens is 1. The summed E-state index contributed by atoms with van der Waals surface area (Å²) < 4.78 is 5.29. The van der Waals surface area contributed by atoms with E-state index in [4.69, 9.17) is 10.2 Å². The molecule has 0 bridgehead atoms. The van der Waals surface area contributed by atoms with Crippen LogP contribution in [0.1, 0.15) is 11.9 Å². The van der Waals surface area contributed by atoms with Crippen LogP contribution in [0.5, 0.6) is 0 Å². The lowest BCUT2D eigenvalue weighted by atomic mass is 10.4. The van der Waals surface area contributed by atoms with Crippen LogP contribution in [0.3, 0.4) is 0 Å². The van der Waals surface area contributed by atoms with Gasteiger partial charge >= 0.3 is 0 Å². The summed E-state index contributed by atoms with van der Waals surface area (Å²) >= 11 is 4.04. The molecule has 0 amide bonds. The number of aromatic nitrogens is 4. The van der Waals surface area contributed by atoms with Crippen LogP contribution >= 0.6 is 12.6 Å². The Labute approximate surface area is 85.3 Å². The molecule has 0 saturated carbocycles. The minimum Gasteiger partial charge on any atom is -0.416 e. The molecule has 3 N–H and O–H groups in total. The lowest BCUT2D eigenvalue weighted by Crippen LogP contribution is -2.11. The molecule has 2 rings (SSSR count). The first-order chi connectivity index (χ1) is 6.81. The van der Waals surface area contributed by atoms with Gasteiger partial charge in [-0.25, -0.2) is 4.98 Å². The summed E-state index contributed by atoms with van der Waals surface area (Å²) in [6.45, 7) is 0. The summed E-state index contributed by atoms with van der Waals surface area (Å²) in [5.74, 6) is 1.70. The molecule has 6 nitrogen and oxygen atoms in total. The van der Waals surface area contributed by atoms with Crippen molar-refractivity contribution in [3.05, 3.63) is 18.3 Å². The summed E-state index contributed by atoms with van der Waals surface area (Å²) in [7, 11) is 0. The van der Waals surface area contributed by atoms with Gasteiger partial charge in [-0.15, -0.1) is 10.2 Å². The van der Waals surface area contributed by atoms with E-state index in [0.29, 0.717) is 23.4 Å². The fraction of sp³-hybridized carbons (Fsp3) is 0.286. The second-order valence-electron chi connectivity index (χ2n) is 2.67. The summed E-state index contributed by atoms with van der Waals surface area (Å²) in [6, 6.07) is -0.338. The number of aromatic amines is 1. The van der Waals surface area contributed by atoms with Crippen LogP contribution in [0.2, 0.25) is 0 Å². The number of hydrogen-bond donors (Lipinski definition) is 3. The van der Waals surface area contributed by atoms with Gasteiger partial charge in [-0.3, -0.25) is 0 Å². The molecule has 2 heterocycles. The third-order valence-electron chi connectivity index (χ3n) is 1.66. The second kappa shape index (κ2) is 3.81. The van der Waals surface area contributed by atoms with E-state index in [0.717, 1.165) is 0 Å². The maximum absolute atomic E-state index is 5.66. The molecular weight excluding hydrogens is 202 g/mol. The predicted molar refractivity (Wildman–Crippen MR) is 52.7 cm³/mol. The molecule has 0 aliphatic carbocycles. The Hall–Kier alpha value is -1.34. The first-order valence-corrected chi connectivity index (χ1v) is 4.64. The van der Waals surface area contributed by atoms with Crippen LogP contribution in [-0.2, 0) is 0 Å². The van der Waals surface area contributed by atoms with Crippen molar-refractivity contribution in [3.63, 3.8) is 0 Å². The van der Waals surface area contributed by atoms with Crippen molar-refractivity contribution in [3.8, 4) is 11.7 Å². The second-order valence-corrected chi connectivity index (χ2v) is 3.04. The van der Waals surface area contributed by atoms with Crippen LogP contribution in [0.15, 0.2) is 16.8 Å². The summed E-state index contributed by atoms with van der Waals surface area (Å²) in [4.78, 5) is 6.83. The third-order valence-corrected chi connectivity index (χ3v) is 2.05. The molecule has 0 spiro atoms. The molecule has 0 fully saturated rings. The highest BCUT2D eigenvalue weighted by Gasteiger charge is 2.14. The van der Waals surface area contributed by atoms with E-state index in [2.05, 4.69) is 32.8 Å². The Morgan fingerprint density at radius 1 is 1.57 bits per heavy atom. The quantitative estimate of drug-likeness (QED) is 0.638. The van der Waals surface area contributed by atoms with Crippen LogP contribution in [0.4, 0.5) is 0 Å².